The Morgan fingerprint density at radius 2 is 2.05 bits per heavy atom. The molecule has 128 valence electrons. The molecule has 1 heterocycles. The third kappa shape index (κ3) is 8.30. The summed E-state index contributed by atoms with van der Waals surface area (Å²) in [7, 11) is -1.90. The molecule has 0 aliphatic rings. The Kier molecular flexibility index (Phi) is 10.2. The Morgan fingerprint density at radius 3 is 2.55 bits per heavy atom. The quantitative estimate of drug-likeness (QED) is 0.251. The summed E-state index contributed by atoms with van der Waals surface area (Å²) in [5.74, 6) is 1.41. The van der Waals surface area contributed by atoms with E-state index in [0.717, 1.165) is 17.8 Å². The molecule has 0 atom stereocenters. The number of sulfonamides is 1. The molecule has 6 nitrogen and oxygen atoms in total. The maximum atomic E-state index is 11.2. The number of hydrogen-bond donors (Lipinski definition) is 3. The number of aliphatic imine (C=N–C) groups is 1. The van der Waals surface area contributed by atoms with Crippen LogP contribution in [0, 0.1) is 5.92 Å². The molecule has 0 fully saturated rings. The monoisotopic (exact) mass is 460 g/mol. The summed E-state index contributed by atoms with van der Waals surface area (Å²) in [5.41, 5.74) is 0. The number of guanidine groups is 1. The van der Waals surface area contributed by atoms with Crippen LogP contribution < -0.4 is 15.8 Å². The van der Waals surface area contributed by atoms with E-state index in [1.165, 1.54) is 23.8 Å². The van der Waals surface area contributed by atoms with Gasteiger partial charge in [-0.05, 0) is 30.9 Å². The van der Waals surface area contributed by atoms with Crippen LogP contribution in [0.5, 0.6) is 0 Å². The molecule has 0 saturated heterocycles. The van der Waals surface area contributed by atoms with E-state index < -0.39 is 10.0 Å². The van der Waals surface area contributed by atoms with Gasteiger partial charge in [-0.3, -0.25) is 4.99 Å². The summed E-state index contributed by atoms with van der Waals surface area (Å²) < 4.78 is 22.6. The lowest BCUT2D eigenvalue weighted by atomic mass is 10.1. The fraction of sp³-hybridized carbons (Fsp3) is 0.615. The number of nitrogens with one attached hydrogen (secondary N) is 2. The predicted octanol–water partition coefficient (Wildman–Crippen LogP) is 2.11. The van der Waals surface area contributed by atoms with Gasteiger partial charge in [-0.1, -0.05) is 13.8 Å². The third-order valence-electron chi connectivity index (χ3n) is 2.82. The molecule has 1 aromatic rings. The molecule has 0 aliphatic heterocycles. The second kappa shape index (κ2) is 10.4. The summed E-state index contributed by atoms with van der Waals surface area (Å²) in [4.78, 5) is 5.02. The second-order valence-electron chi connectivity index (χ2n) is 5.15. The van der Waals surface area contributed by atoms with Crippen LogP contribution in [-0.4, -0.2) is 28.0 Å². The minimum Gasteiger partial charge on any atom is -0.356 e. The van der Waals surface area contributed by atoms with E-state index in [2.05, 4.69) is 29.5 Å². The topological polar surface area (TPSA) is 96.6 Å². The van der Waals surface area contributed by atoms with E-state index in [4.69, 9.17) is 5.14 Å². The molecular formula is C13H25IN4O2S2. The lowest BCUT2D eigenvalue weighted by molar-refractivity contribution is 0.549. The number of nitrogens with two attached hydrogens (primary N) is 1. The number of hydrogen-bond acceptors (Lipinski definition) is 4. The minimum absolute atomic E-state index is 0. The molecule has 0 unspecified atom stereocenters. The zero-order valence-electron chi connectivity index (χ0n) is 13.1. The molecule has 0 aliphatic carbocycles. The van der Waals surface area contributed by atoms with E-state index >= 15 is 0 Å². The van der Waals surface area contributed by atoms with Crippen LogP contribution in [-0.2, 0) is 16.6 Å². The number of nitrogens with zero attached hydrogens (tertiary/aromatic N) is 1. The van der Waals surface area contributed by atoms with Crippen LogP contribution in [0.2, 0.25) is 0 Å². The average molecular weight is 460 g/mol. The van der Waals surface area contributed by atoms with Crippen molar-refractivity contribution >= 4 is 51.3 Å². The van der Waals surface area contributed by atoms with Gasteiger partial charge in [0.2, 0.25) is 10.0 Å². The highest BCUT2D eigenvalue weighted by Gasteiger charge is 2.11. The molecular weight excluding hydrogens is 435 g/mol. The number of halogens is 1. The van der Waals surface area contributed by atoms with E-state index in [-0.39, 0.29) is 28.2 Å². The molecule has 0 aromatic carbocycles. The largest absolute Gasteiger partial charge is 0.356 e. The average Bonchev–Trinajstić information content (AvgIpc) is 2.86. The lowest BCUT2D eigenvalue weighted by Crippen LogP contribution is -2.37. The molecule has 0 amide bonds. The van der Waals surface area contributed by atoms with Crippen molar-refractivity contribution < 1.29 is 8.42 Å². The maximum absolute atomic E-state index is 11.2. The molecule has 22 heavy (non-hydrogen) atoms. The van der Waals surface area contributed by atoms with Gasteiger partial charge in [0, 0.05) is 18.5 Å². The Morgan fingerprint density at radius 1 is 1.36 bits per heavy atom. The first-order valence-electron chi connectivity index (χ1n) is 6.89. The van der Waals surface area contributed by atoms with Crippen LogP contribution in [0.1, 0.15) is 31.6 Å². The molecule has 0 spiro atoms. The smallest absolute Gasteiger partial charge is 0.247 e. The van der Waals surface area contributed by atoms with Crippen molar-refractivity contribution in [2.45, 2.75) is 37.4 Å². The van der Waals surface area contributed by atoms with Gasteiger partial charge < -0.3 is 10.6 Å². The van der Waals surface area contributed by atoms with Gasteiger partial charge in [-0.25, -0.2) is 13.6 Å². The van der Waals surface area contributed by atoms with Gasteiger partial charge in [0.1, 0.15) is 4.21 Å². The first-order valence-corrected chi connectivity index (χ1v) is 9.25. The second-order valence-corrected chi connectivity index (χ2v) is 8.11. The fourth-order valence-electron chi connectivity index (χ4n) is 1.71. The summed E-state index contributed by atoms with van der Waals surface area (Å²) in [6.45, 7) is 5.79. The molecule has 0 saturated carbocycles. The van der Waals surface area contributed by atoms with Crippen LogP contribution in [0.15, 0.2) is 21.3 Å². The minimum atomic E-state index is -3.61. The Hall–Kier alpha value is -0.390. The lowest BCUT2D eigenvalue weighted by Gasteiger charge is -2.11. The van der Waals surface area contributed by atoms with Crippen molar-refractivity contribution in [3.05, 3.63) is 17.0 Å². The summed E-state index contributed by atoms with van der Waals surface area (Å²) in [5, 5.41) is 11.5. The predicted molar refractivity (Wildman–Crippen MR) is 103 cm³/mol. The van der Waals surface area contributed by atoms with Crippen LogP contribution in [0.4, 0.5) is 0 Å². The summed E-state index contributed by atoms with van der Waals surface area (Å²) in [6, 6.07) is 3.28. The van der Waals surface area contributed by atoms with E-state index in [1.807, 2.05) is 0 Å². The molecule has 0 radical (unpaired) electrons. The maximum Gasteiger partial charge on any atom is 0.247 e. The standard InChI is InChI=1S/C13H24N4O2S2.HI/c1-10(2)5-4-8-16-13(15-3)17-9-11-6-7-12(20-11)21(14,18)19;/h6-7,10H,4-5,8-9H2,1-3H3,(H2,14,18,19)(H2,15,16,17);1H. The first-order chi connectivity index (χ1) is 9.82. The molecule has 1 aromatic heterocycles. The summed E-state index contributed by atoms with van der Waals surface area (Å²) in [6.07, 6.45) is 2.26. The molecule has 1 rings (SSSR count). The van der Waals surface area contributed by atoms with Crippen LogP contribution in [0.25, 0.3) is 0 Å². The summed E-state index contributed by atoms with van der Waals surface area (Å²) >= 11 is 1.17. The van der Waals surface area contributed by atoms with Crippen molar-refractivity contribution in [2.24, 2.45) is 16.0 Å². The van der Waals surface area contributed by atoms with Crippen LogP contribution >= 0.6 is 35.3 Å². The normalized spacial score (nSPS) is 12.1. The van der Waals surface area contributed by atoms with Crippen molar-refractivity contribution in [3.8, 4) is 0 Å². The van der Waals surface area contributed by atoms with Gasteiger partial charge in [0.05, 0.1) is 6.54 Å². The number of rotatable bonds is 7. The third-order valence-corrected chi connectivity index (χ3v) is 5.35. The van der Waals surface area contributed by atoms with E-state index in [1.54, 1.807) is 13.1 Å². The SMILES string of the molecule is CN=C(NCCCC(C)C)NCc1ccc(S(N)(=O)=O)s1.I. The van der Waals surface area contributed by atoms with E-state index in [9.17, 15) is 8.42 Å². The van der Waals surface area contributed by atoms with Gasteiger partial charge in [-0.2, -0.15) is 0 Å². The Bertz CT molecular complexity index is 570. The Balaban J connectivity index is 0.00000441. The molecule has 0 bridgehead atoms. The van der Waals surface area contributed by atoms with Crippen LogP contribution in [0.3, 0.4) is 0 Å². The highest BCUT2D eigenvalue weighted by Crippen LogP contribution is 2.19. The number of thiophene rings is 1. The van der Waals surface area contributed by atoms with Crippen molar-refractivity contribution in [1.82, 2.24) is 10.6 Å². The highest BCUT2D eigenvalue weighted by molar-refractivity contribution is 14.0. The fourth-order valence-corrected chi connectivity index (χ4v) is 3.43. The Labute approximate surface area is 154 Å². The van der Waals surface area contributed by atoms with Crippen molar-refractivity contribution in [2.75, 3.05) is 13.6 Å². The van der Waals surface area contributed by atoms with E-state index in [0.29, 0.717) is 18.4 Å². The van der Waals surface area contributed by atoms with Crippen molar-refractivity contribution in [1.29, 1.82) is 0 Å². The zero-order valence-corrected chi connectivity index (χ0v) is 17.1. The molecule has 4 N–H and O–H groups in total. The zero-order chi connectivity index (χ0) is 15.9. The number of primary sulfonamides is 1. The van der Waals surface area contributed by atoms with Crippen molar-refractivity contribution in [3.63, 3.8) is 0 Å². The van der Waals surface area contributed by atoms with Gasteiger partial charge in [0.25, 0.3) is 0 Å². The van der Waals surface area contributed by atoms with Gasteiger partial charge in [0.15, 0.2) is 5.96 Å². The first kappa shape index (κ1) is 21.6. The van der Waals surface area contributed by atoms with Gasteiger partial charge in [-0.15, -0.1) is 35.3 Å². The highest BCUT2D eigenvalue weighted by atomic mass is 127. The molecule has 9 heteroatoms. The van der Waals surface area contributed by atoms with Gasteiger partial charge >= 0.3 is 0 Å².